The lowest BCUT2D eigenvalue weighted by Crippen LogP contribution is -2.30. The lowest BCUT2D eigenvalue weighted by atomic mass is 10.0. The number of rotatable bonds is 59. The highest BCUT2D eigenvalue weighted by Crippen LogP contribution is 2.17. The van der Waals surface area contributed by atoms with Gasteiger partial charge >= 0.3 is 17.9 Å². The fraction of sp³-hybridized carbons (Fsp3) is 0.708. The van der Waals surface area contributed by atoms with Gasteiger partial charge in [0.25, 0.3) is 0 Å². The fourth-order valence-electron chi connectivity index (χ4n) is 9.19. The van der Waals surface area contributed by atoms with Gasteiger partial charge in [0.1, 0.15) is 13.2 Å². The minimum Gasteiger partial charge on any atom is -0.462 e. The van der Waals surface area contributed by atoms with E-state index in [1.54, 1.807) is 0 Å². The van der Waals surface area contributed by atoms with Gasteiger partial charge in [-0.25, -0.2) is 0 Å². The number of unbranched alkanes of at least 4 members (excludes halogenated alkanes) is 30. The van der Waals surface area contributed by atoms with Crippen LogP contribution in [0.4, 0.5) is 0 Å². The zero-order valence-electron chi connectivity index (χ0n) is 51.2. The Balaban J connectivity index is 4.17. The number of ether oxygens (including phenoxy) is 3. The van der Waals surface area contributed by atoms with Crippen LogP contribution in [0.25, 0.3) is 0 Å². The van der Waals surface area contributed by atoms with Gasteiger partial charge < -0.3 is 14.2 Å². The molecule has 6 nitrogen and oxygen atoms in total. The molecule has 0 rings (SSSR count). The topological polar surface area (TPSA) is 78.9 Å². The van der Waals surface area contributed by atoms with E-state index in [1.807, 2.05) is 6.08 Å². The molecule has 78 heavy (non-hydrogen) atoms. The van der Waals surface area contributed by atoms with Crippen LogP contribution < -0.4 is 0 Å². The van der Waals surface area contributed by atoms with Gasteiger partial charge in [0.15, 0.2) is 6.10 Å². The fourth-order valence-corrected chi connectivity index (χ4v) is 9.19. The number of hydrogen-bond acceptors (Lipinski definition) is 6. The second-order valence-electron chi connectivity index (χ2n) is 21.6. The predicted molar refractivity (Wildman–Crippen MR) is 339 cm³/mol. The van der Waals surface area contributed by atoms with Crippen molar-refractivity contribution in [1.29, 1.82) is 0 Å². The number of hydrogen-bond donors (Lipinski definition) is 0. The van der Waals surface area contributed by atoms with Crippen molar-refractivity contribution in [1.82, 2.24) is 0 Å². The smallest absolute Gasteiger partial charge is 0.306 e. The van der Waals surface area contributed by atoms with E-state index in [1.165, 1.54) is 167 Å². The standard InChI is InChI=1S/C72H122O6/c1-4-7-10-13-16-19-22-25-27-28-29-30-31-32-33-34-35-36-37-38-39-40-41-42-43-44-45-48-50-53-56-59-62-65-71(74)77-68-69(67-76-70(73)64-61-58-55-52-49-46-24-21-18-15-12-9-6-3)78-72(75)66-63-60-57-54-51-47-26-23-20-17-14-11-8-5-2/h7,9-10,12,16,18-19,21,25,27,29-30,32-33,46,49,55,58,69H,4-6,8,11,13-15,17,20,22-24,26,28,31,34-45,47-48,50-54,56-57,59-68H2,1-3H3/b10-7-,12-9-,19-16-,21-18-,27-25-,30-29-,33-32-,49-46-,58-55-. The molecule has 0 aliphatic heterocycles. The Kier molecular flexibility index (Phi) is 62.3. The number of carbonyl (C=O) groups excluding carboxylic acids is 3. The molecule has 0 aromatic rings. The van der Waals surface area contributed by atoms with Gasteiger partial charge in [0.05, 0.1) is 0 Å². The van der Waals surface area contributed by atoms with Crippen LogP contribution in [0.5, 0.6) is 0 Å². The van der Waals surface area contributed by atoms with Crippen LogP contribution in [0.3, 0.4) is 0 Å². The Bertz CT molecular complexity index is 1570. The molecule has 0 bridgehead atoms. The molecule has 0 fully saturated rings. The van der Waals surface area contributed by atoms with E-state index in [2.05, 4.69) is 124 Å². The summed E-state index contributed by atoms with van der Waals surface area (Å²) >= 11 is 0. The first-order valence-electron chi connectivity index (χ1n) is 32.9. The van der Waals surface area contributed by atoms with Crippen molar-refractivity contribution in [2.45, 2.75) is 316 Å². The van der Waals surface area contributed by atoms with Gasteiger partial charge in [0.2, 0.25) is 0 Å². The molecule has 446 valence electrons. The van der Waals surface area contributed by atoms with Gasteiger partial charge in [-0.1, -0.05) is 310 Å². The maximum Gasteiger partial charge on any atom is 0.306 e. The Morgan fingerprint density at radius 3 is 0.859 bits per heavy atom. The first-order chi connectivity index (χ1) is 38.5. The first kappa shape index (κ1) is 74.1. The summed E-state index contributed by atoms with van der Waals surface area (Å²) in [5, 5.41) is 0. The van der Waals surface area contributed by atoms with Crippen molar-refractivity contribution in [3.05, 3.63) is 109 Å². The third kappa shape index (κ3) is 62.9. The van der Waals surface area contributed by atoms with Crippen LogP contribution in [-0.4, -0.2) is 37.2 Å². The number of carbonyl (C=O) groups is 3. The Morgan fingerprint density at radius 1 is 0.269 bits per heavy atom. The molecule has 0 radical (unpaired) electrons. The molecule has 0 aliphatic carbocycles. The van der Waals surface area contributed by atoms with Gasteiger partial charge in [-0.2, -0.15) is 0 Å². The molecule has 0 N–H and O–H groups in total. The van der Waals surface area contributed by atoms with Crippen molar-refractivity contribution in [2.75, 3.05) is 13.2 Å². The summed E-state index contributed by atoms with van der Waals surface area (Å²) < 4.78 is 16.8. The average molecular weight is 1080 g/mol. The third-order valence-corrected chi connectivity index (χ3v) is 14.0. The zero-order valence-corrected chi connectivity index (χ0v) is 51.2. The Labute approximate surface area is 482 Å². The minimum atomic E-state index is -0.804. The lowest BCUT2D eigenvalue weighted by Gasteiger charge is -2.18. The SMILES string of the molecule is CC/C=C\C/C=C\C/C=C\C/C=C\C/C=C\CCCCCCCCCCCCCCCCCCCC(=O)OCC(COC(=O)CC/C=C\C/C=C\C/C=C\C/C=C\CC)OC(=O)CCCCCCCCCCCCCCCC. The van der Waals surface area contributed by atoms with Gasteiger partial charge in [-0.15, -0.1) is 0 Å². The molecule has 0 aromatic carbocycles. The van der Waals surface area contributed by atoms with Crippen molar-refractivity contribution < 1.29 is 28.6 Å². The van der Waals surface area contributed by atoms with Crippen LogP contribution in [0.2, 0.25) is 0 Å². The summed E-state index contributed by atoms with van der Waals surface area (Å²) in [6.45, 7) is 6.37. The van der Waals surface area contributed by atoms with E-state index in [4.69, 9.17) is 14.2 Å². The van der Waals surface area contributed by atoms with Gasteiger partial charge in [-0.05, 0) is 89.9 Å². The van der Waals surface area contributed by atoms with Crippen LogP contribution in [-0.2, 0) is 28.6 Å². The molecule has 1 unspecified atom stereocenters. The molecule has 0 heterocycles. The summed E-state index contributed by atoms with van der Waals surface area (Å²) in [6.07, 6.45) is 89.9. The van der Waals surface area contributed by atoms with Gasteiger partial charge in [-0.3, -0.25) is 14.4 Å². The van der Waals surface area contributed by atoms with E-state index < -0.39 is 6.10 Å². The highest BCUT2D eigenvalue weighted by atomic mass is 16.6. The minimum absolute atomic E-state index is 0.0963. The zero-order chi connectivity index (χ0) is 56.4. The summed E-state index contributed by atoms with van der Waals surface area (Å²) in [6, 6.07) is 0. The lowest BCUT2D eigenvalue weighted by molar-refractivity contribution is -0.166. The van der Waals surface area contributed by atoms with E-state index in [-0.39, 0.29) is 37.5 Å². The molecule has 0 amide bonds. The molecule has 0 saturated carbocycles. The molecular formula is C72H122O6. The molecule has 0 aliphatic rings. The maximum absolute atomic E-state index is 12.9. The van der Waals surface area contributed by atoms with E-state index in [9.17, 15) is 14.4 Å². The first-order valence-corrected chi connectivity index (χ1v) is 32.9. The Hall–Kier alpha value is -3.93. The summed E-state index contributed by atoms with van der Waals surface area (Å²) in [5.41, 5.74) is 0. The van der Waals surface area contributed by atoms with Crippen molar-refractivity contribution in [2.24, 2.45) is 0 Å². The maximum atomic E-state index is 12.9. The second-order valence-corrected chi connectivity index (χ2v) is 21.6. The van der Waals surface area contributed by atoms with Crippen molar-refractivity contribution in [3.63, 3.8) is 0 Å². The quantitative estimate of drug-likeness (QED) is 0.0261. The normalized spacial score (nSPS) is 12.8. The predicted octanol–water partition coefficient (Wildman–Crippen LogP) is 22.6. The van der Waals surface area contributed by atoms with E-state index >= 15 is 0 Å². The van der Waals surface area contributed by atoms with Crippen LogP contribution in [0.1, 0.15) is 310 Å². The molecule has 1 atom stereocenters. The van der Waals surface area contributed by atoms with Crippen LogP contribution >= 0.6 is 0 Å². The van der Waals surface area contributed by atoms with Gasteiger partial charge in [0, 0.05) is 19.3 Å². The monoisotopic (exact) mass is 1080 g/mol. The summed E-state index contributed by atoms with van der Waals surface area (Å²) in [7, 11) is 0. The molecular weight excluding hydrogens is 961 g/mol. The highest BCUT2D eigenvalue weighted by molar-refractivity contribution is 5.71. The summed E-state index contributed by atoms with van der Waals surface area (Å²) in [4.78, 5) is 38.2. The third-order valence-electron chi connectivity index (χ3n) is 14.0. The average Bonchev–Trinajstić information content (AvgIpc) is 3.44. The van der Waals surface area contributed by atoms with E-state index in [0.717, 1.165) is 96.3 Å². The number of allylic oxidation sites excluding steroid dienone is 18. The molecule has 0 aromatic heterocycles. The van der Waals surface area contributed by atoms with E-state index in [0.29, 0.717) is 19.3 Å². The van der Waals surface area contributed by atoms with Crippen molar-refractivity contribution in [3.8, 4) is 0 Å². The number of esters is 3. The van der Waals surface area contributed by atoms with Crippen molar-refractivity contribution >= 4 is 17.9 Å². The highest BCUT2D eigenvalue weighted by Gasteiger charge is 2.19. The largest absolute Gasteiger partial charge is 0.462 e. The second kappa shape index (κ2) is 65.6. The van der Waals surface area contributed by atoms with Crippen LogP contribution in [0, 0.1) is 0 Å². The summed E-state index contributed by atoms with van der Waals surface area (Å²) in [5.74, 6) is -0.970. The molecule has 0 spiro atoms. The molecule has 6 heteroatoms. The molecule has 0 saturated heterocycles. The van der Waals surface area contributed by atoms with Crippen LogP contribution in [0.15, 0.2) is 109 Å². The Morgan fingerprint density at radius 2 is 0.526 bits per heavy atom.